The average Bonchev–Trinajstić information content (AvgIpc) is 2.89. The molecule has 0 spiro atoms. The van der Waals surface area contributed by atoms with Crippen LogP contribution >= 0.6 is 0 Å². The van der Waals surface area contributed by atoms with E-state index in [-0.39, 0.29) is 35.6 Å². The zero-order valence-corrected chi connectivity index (χ0v) is 22.2. The lowest BCUT2D eigenvalue weighted by atomic mass is 10.0. The second kappa shape index (κ2) is 12.5. The monoisotopic (exact) mass is 539 g/mol. The zero-order chi connectivity index (χ0) is 27.9. The van der Waals surface area contributed by atoms with Crippen LogP contribution in [-0.4, -0.2) is 56.8 Å². The molecule has 3 aromatic rings. The largest absolute Gasteiger partial charge is 0.357 e. The first-order chi connectivity index (χ1) is 18.0. The summed E-state index contributed by atoms with van der Waals surface area (Å²) in [5.74, 6) is -2.02. The molecule has 0 heterocycles. The number of amides is 2. The Bertz CT molecular complexity index is 1410. The fraction of sp³-hybridized carbons (Fsp3) is 0.250. The first kappa shape index (κ1) is 28.5. The normalized spacial score (nSPS) is 11.9. The van der Waals surface area contributed by atoms with Gasteiger partial charge >= 0.3 is 0 Å². The summed E-state index contributed by atoms with van der Waals surface area (Å²) in [6.45, 7) is 0.432. The highest BCUT2D eigenvalue weighted by Gasteiger charge is 2.33. The molecular formula is C28H30FN3O5S. The van der Waals surface area contributed by atoms with Gasteiger partial charge in [-0.25, -0.2) is 12.8 Å². The van der Waals surface area contributed by atoms with Crippen molar-refractivity contribution in [3.8, 4) is 0 Å². The van der Waals surface area contributed by atoms with E-state index in [1.54, 1.807) is 36.4 Å². The van der Waals surface area contributed by atoms with Crippen LogP contribution in [-0.2, 0) is 32.6 Å². The summed E-state index contributed by atoms with van der Waals surface area (Å²) in [6, 6.07) is 19.8. The Morgan fingerprint density at radius 2 is 1.61 bits per heavy atom. The number of likely N-dealkylation sites (N-methyl/N-ethyl adjacent to an activating group) is 1. The minimum atomic E-state index is -3.98. The molecule has 0 radical (unpaired) electrons. The molecule has 0 saturated heterocycles. The molecule has 200 valence electrons. The summed E-state index contributed by atoms with van der Waals surface area (Å²) < 4.78 is 41.1. The smallest absolute Gasteiger partial charge is 0.244 e. The van der Waals surface area contributed by atoms with E-state index < -0.39 is 40.2 Å². The molecule has 0 bridgehead atoms. The van der Waals surface area contributed by atoms with Crippen molar-refractivity contribution < 1.29 is 27.2 Å². The van der Waals surface area contributed by atoms with Crippen molar-refractivity contribution in [2.24, 2.45) is 0 Å². The van der Waals surface area contributed by atoms with Gasteiger partial charge in [0.25, 0.3) is 0 Å². The van der Waals surface area contributed by atoms with E-state index in [0.29, 0.717) is 0 Å². The maximum absolute atomic E-state index is 14.6. The molecule has 1 N–H and O–H groups in total. The van der Waals surface area contributed by atoms with Crippen LogP contribution < -0.4 is 9.62 Å². The van der Waals surface area contributed by atoms with Crippen LogP contribution in [0.4, 0.5) is 10.1 Å². The maximum Gasteiger partial charge on any atom is 0.244 e. The lowest BCUT2D eigenvalue weighted by molar-refractivity contribution is -0.139. The van der Waals surface area contributed by atoms with Gasteiger partial charge in [0.2, 0.25) is 21.8 Å². The van der Waals surface area contributed by atoms with E-state index in [2.05, 4.69) is 5.32 Å². The van der Waals surface area contributed by atoms with Crippen LogP contribution in [0, 0.1) is 5.82 Å². The molecule has 1 unspecified atom stereocenters. The van der Waals surface area contributed by atoms with Crippen molar-refractivity contribution in [3.63, 3.8) is 0 Å². The third-order valence-corrected chi connectivity index (χ3v) is 7.18. The van der Waals surface area contributed by atoms with Gasteiger partial charge in [-0.3, -0.25) is 18.7 Å². The lowest BCUT2D eigenvalue weighted by Crippen LogP contribution is -2.53. The molecule has 3 rings (SSSR count). The SMILES string of the molecule is CNC(=O)C(Cc1ccccc1)N(Cc1ccccc1F)C(=O)CN(c1cccc(C(C)=O)c1)S(C)(=O)=O. The number of sulfonamides is 1. The number of carbonyl (C=O) groups is 3. The van der Waals surface area contributed by atoms with Gasteiger partial charge in [-0.2, -0.15) is 0 Å². The number of nitrogens with one attached hydrogen (secondary N) is 1. The van der Waals surface area contributed by atoms with E-state index >= 15 is 0 Å². The van der Waals surface area contributed by atoms with E-state index in [1.807, 2.05) is 6.07 Å². The second-order valence-electron chi connectivity index (χ2n) is 8.81. The maximum atomic E-state index is 14.6. The molecule has 8 nitrogen and oxygen atoms in total. The highest BCUT2D eigenvalue weighted by atomic mass is 32.2. The van der Waals surface area contributed by atoms with E-state index in [0.717, 1.165) is 16.1 Å². The summed E-state index contributed by atoms with van der Waals surface area (Å²) in [6.07, 6.45) is 1.07. The van der Waals surface area contributed by atoms with Crippen molar-refractivity contribution in [2.45, 2.75) is 25.9 Å². The summed E-state index contributed by atoms with van der Waals surface area (Å²) in [5, 5.41) is 2.56. The first-order valence-corrected chi connectivity index (χ1v) is 13.7. The topological polar surface area (TPSA) is 104 Å². The Labute approximate surface area is 222 Å². The number of hydrogen-bond acceptors (Lipinski definition) is 5. The second-order valence-corrected chi connectivity index (χ2v) is 10.7. The number of hydrogen-bond donors (Lipinski definition) is 1. The number of ketones is 1. The Kier molecular flexibility index (Phi) is 9.35. The van der Waals surface area contributed by atoms with Gasteiger partial charge < -0.3 is 10.2 Å². The highest BCUT2D eigenvalue weighted by Crippen LogP contribution is 2.22. The van der Waals surface area contributed by atoms with Crippen molar-refractivity contribution in [1.82, 2.24) is 10.2 Å². The number of rotatable bonds is 11. The minimum Gasteiger partial charge on any atom is -0.357 e. The van der Waals surface area contributed by atoms with Gasteiger partial charge in [-0.05, 0) is 30.7 Å². The van der Waals surface area contributed by atoms with Gasteiger partial charge in [0, 0.05) is 31.1 Å². The third kappa shape index (κ3) is 7.25. The van der Waals surface area contributed by atoms with Crippen molar-refractivity contribution in [3.05, 3.63) is 101 Å². The third-order valence-electron chi connectivity index (χ3n) is 6.04. The summed E-state index contributed by atoms with van der Waals surface area (Å²) in [7, 11) is -2.55. The Morgan fingerprint density at radius 3 is 2.21 bits per heavy atom. The van der Waals surface area contributed by atoms with Crippen molar-refractivity contribution in [1.29, 1.82) is 0 Å². The molecule has 38 heavy (non-hydrogen) atoms. The summed E-state index contributed by atoms with van der Waals surface area (Å²) in [4.78, 5) is 39.9. The van der Waals surface area contributed by atoms with Crippen LogP contribution in [0.2, 0.25) is 0 Å². The number of nitrogens with zero attached hydrogens (tertiary/aromatic N) is 2. The average molecular weight is 540 g/mol. The molecule has 3 aromatic carbocycles. The van der Waals surface area contributed by atoms with Crippen LogP contribution in [0.5, 0.6) is 0 Å². The van der Waals surface area contributed by atoms with Gasteiger partial charge in [-0.15, -0.1) is 0 Å². The Morgan fingerprint density at radius 1 is 0.947 bits per heavy atom. The first-order valence-electron chi connectivity index (χ1n) is 11.9. The summed E-state index contributed by atoms with van der Waals surface area (Å²) >= 11 is 0. The Balaban J connectivity index is 2.05. The number of benzene rings is 3. The molecule has 1 atom stereocenters. The lowest BCUT2D eigenvalue weighted by Gasteiger charge is -2.33. The molecule has 0 saturated carbocycles. The van der Waals surface area contributed by atoms with Crippen LogP contribution in [0.3, 0.4) is 0 Å². The van der Waals surface area contributed by atoms with E-state index in [1.165, 1.54) is 55.3 Å². The molecule has 0 aliphatic rings. The molecule has 10 heteroatoms. The molecule has 0 aliphatic heterocycles. The molecular weight excluding hydrogens is 509 g/mol. The quantitative estimate of drug-likeness (QED) is 0.377. The van der Waals surface area contributed by atoms with Gasteiger partial charge in [0.15, 0.2) is 5.78 Å². The van der Waals surface area contributed by atoms with Crippen LogP contribution in [0.15, 0.2) is 78.9 Å². The van der Waals surface area contributed by atoms with E-state index in [4.69, 9.17) is 0 Å². The van der Waals surface area contributed by atoms with Crippen molar-refractivity contribution in [2.75, 3.05) is 24.2 Å². The highest BCUT2D eigenvalue weighted by molar-refractivity contribution is 7.92. The summed E-state index contributed by atoms with van der Waals surface area (Å²) in [5.41, 5.74) is 1.34. The molecule has 2 amide bonds. The van der Waals surface area contributed by atoms with Crippen molar-refractivity contribution >= 4 is 33.3 Å². The molecule has 0 fully saturated rings. The van der Waals surface area contributed by atoms with E-state index in [9.17, 15) is 27.2 Å². The number of anilines is 1. The van der Waals surface area contributed by atoms with Crippen LogP contribution in [0.1, 0.15) is 28.4 Å². The standard InChI is InChI=1S/C28H30FN3O5S/c1-20(33)22-13-9-14-24(17-22)32(38(3,36)37)19-27(34)31(18-23-12-7-8-15-25(23)29)26(28(35)30-2)16-21-10-5-4-6-11-21/h4-15,17,26H,16,18-19H2,1-3H3,(H,30,35). The predicted molar refractivity (Wildman–Crippen MR) is 144 cm³/mol. The predicted octanol–water partition coefficient (Wildman–Crippen LogP) is 3.18. The number of halogens is 1. The van der Waals surface area contributed by atoms with Gasteiger partial charge in [0.05, 0.1) is 11.9 Å². The van der Waals surface area contributed by atoms with Gasteiger partial charge in [0.1, 0.15) is 18.4 Å². The minimum absolute atomic E-state index is 0.124. The Hall–Kier alpha value is -4.05. The number of carbonyl (C=O) groups excluding carboxylic acids is 3. The number of Topliss-reactive ketones (excluding diaryl/α,β-unsaturated/α-hetero) is 1. The molecule has 0 aromatic heterocycles. The fourth-order valence-corrected chi connectivity index (χ4v) is 4.87. The molecule has 0 aliphatic carbocycles. The fourth-order valence-electron chi connectivity index (χ4n) is 4.02. The van der Waals surface area contributed by atoms with Crippen LogP contribution in [0.25, 0.3) is 0 Å². The zero-order valence-electron chi connectivity index (χ0n) is 21.4. The van der Waals surface area contributed by atoms with Gasteiger partial charge in [-0.1, -0.05) is 60.7 Å².